The van der Waals surface area contributed by atoms with Crippen LogP contribution in [0.5, 0.6) is 0 Å². The first-order chi connectivity index (χ1) is 5.29. The summed E-state index contributed by atoms with van der Waals surface area (Å²) in [5.74, 6) is 6.79. The Balaban J connectivity index is 1.97. The number of rotatable bonds is 0. The molecule has 2 rings (SSSR count). The Bertz CT molecular complexity index is 199. The summed E-state index contributed by atoms with van der Waals surface area (Å²) in [6, 6.07) is 0. The lowest BCUT2D eigenvalue weighted by molar-refractivity contribution is 0.110. The molecule has 1 N–H and O–H groups in total. The maximum atomic E-state index is 9.79. The average Bonchev–Trinajstić information content (AvgIpc) is 2.73. The van der Waals surface area contributed by atoms with Gasteiger partial charge in [-0.05, 0) is 38.5 Å². The van der Waals surface area contributed by atoms with Crippen LogP contribution in [0, 0.1) is 17.8 Å². The number of hydrogen-bond acceptors (Lipinski definition) is 1. The first-order valence-corrected chi connectivity index (χ1v) is 4.54. The minimum absolute atomic E-state index is 0.595. The van der Waals surface area contributed by atoms with Gasteiger partial charge in [-0.2, -0.15) is 0 Å². The highest BCUT2D eigenvalue weighted by atomic mass is 16.3. The zero-order valence-corrected chi connectivity index (χ0v) is 6.77. The van der Waals surface area contributed by atoms with Gasteiger partial charge >= 0.3 is 0 Å². The summed E-state index contributed by atoms with van der Waals surface area (Å²) in [6.07, 6.45) is 6.59. The monoisotopic (exact) mass is 150 g/mol. The van der Waals surface area contributed by atoms with E-state index in [0.717, 1.165) is 25.7 Å². The molecule has 0 saturated heterocycles. The molecule has 0 aromatic rings. The van der Waals surface area contributed by atoms with Crippen molar-refractivity contribution in [2.45, 2.75) is 44.1 Å². The molecule has 0 aliphatic heterocycles. The fourth-order valence-corrected chi connectivity index (χ4v) is 1.55. The van der Waals surface area contributed by atoms with Crippen LogP contribution < -0.4 is 0 Å². The molecule has 60 valence electrons. The van der Waals surface area contributed by atoms with Crippen molar-refractivity contribution in [3.63, 3.8) is 0 Å². The highest BCUT2D eigenvalue weighted by Gasteiger charge is 2.29. The summed E-state index contributed by atoms with van der Waals surface area (Å²) in [4.78, 5) is 0. The smallest absolute Gasteiger partial charge is 0.125 e. The molecule has 0 radical (unpaired) electrons. The van der Waals surface area contributed by atoms with Crippen LogP contribution in [0.3, 0.4) is 0 Å². The van der Waals surface area contributed by atoms with E-state index in [9.17, 15) is 5.11 Å². The molecule has 0 heterocycles. The van der Waals surface area contributed by atoms with Crippen LogP contribution in [0.2, 0.25) is 0 Å². The second-order valence-corrected chi connectivity index (χ2v) is 3.78. The predicted molar refractivity (Wildman–Crippen MR) is 43.9 cm³/mol. The van der Waals surface area contributed by atoms with Gasteiger partial charge in [-0.15, -0.1) is 0 Å². The lowest BCUT2D eigenvalue weighted by Crippen LogP contribution is -2.20. The van der Waals surface area contributed by atoms with Gasteiger partial charge in [-0.25, -0.2) is 0 Å². The van der Waals surface area contributed by atoms with Gasteiger partial charge in [0.05, 0.1) is 0 Å². The minimum Gasteiger partial charge on any atom is -0.378 e. The molecule has 1 heteroatoms. The van der Waals surface area contributed by atoms with E-state index in [1.165, 1.54) is 12.8 Å². The Morgan fingerprint density at radius 3 is 2.36 bits per heavy atom. The number of hydrogen-bond donors (Lipinski definition) is 1. The molecule has 0 bridgehead atoms. The van der Waals surface area contributed by atoms with E-state index in [0.29, 0.717) is 5.92 Å². The van der Waals surface area contributed by atoms with Crippen molar-refractivity contribution in [3.05, 3.63) is 0 Å². The Morgan fingerprint density at radius 1 is 1.18 bits per heavy atom. The van der Waals surface area contributed by atoms with Crippen molar-refractivity contribution in [2.24, 2.45) is 5.92 Å². The Morgan fingerprint density at radius 2 is 1.82 bits per heavy atom. The summed E-state index contributed by atoms with van der Waals surface area (Å²) in [5.41, 5.74) is -0.595. The second-order valence-electron chi connectivity index (χ2n) is 3.78. The van der Waals surface area contributed by atoms with Crippen LogP contribution >= 0.6 is 0 Å². The zero-order chi connectivity index (χ0) is 7.73. The summed E-state index contributed by atoms with van der Waals surface area (Å²) < 4.78 is 0. The van der Waals surface area contributed by atoms with Crippen molar-refractivity contribution >= 4 is 0 Å². The highest BCUT2D eigenvalue weighted by Crippen LogP contribution is 2.31. The average molecular weight is 150 g/mol. The fourth-order valence-electron chi connectivity index (χ4n) is 1.55. The SMILES string of the molecule is OC1(C#CC2CC2)CCCC1. The molecule has 2 aliphatic carbocycles. The first-order valence-electron chi connectivity index (χ1n) is 4.54. The molecule has 2 fully saturated rings. The molecule has 0 aromatic heterocycles. The Hall–Kier alpha value is -0.480. The van der Waals surface area contributed by atoms with E-state index in [-0.39, 0.29) is 0 Å². The van der Waals surface area contributed by atoms with Gasteiger partial charge in [0.25, 0.3) is 0 Å². The molecule has 2 aliphatic rings. The van der Waals surface area contributed by atoms with E-state index < -0.39 is 5.60 Å². The van der Waals surface area contributed by atoms with Crippen LogP contribution in [0.1, 0.15) is 38.5 Å². The molecule has 0 aromatic carbocycles. The molecular weight excluding hydrogens is 136 g/mol. The molecule has 1 nitrogen and oxygen atoms in total. The van der Waals surface area contributed by atoms with Crippen LogP contribution in [-0.4, -0.2) is 10.7 Å². The second kappa shape index (κ2) is 2.53. The maximum absolute atomic E-state index is 9.79. The van der Waals surface area contributed by atoms with Gasteiger partial charge in [0, 0.05) is 5.92 Å². The van der Waals surface area contributed by atoms with Gasteiger partial charge < -0.3 is 5.11 Å². The van der Waals surface area contributed by atoms with E-state index in [1.54, 1.807) is 0 Å². The summed E-state index contributed by atoms with van der Waals surface area (Å²) in [6.45, 7) is 0. The quantitative estimate of drug-likeness (QED) is 0.521. The molecule has 0 atom stereocenters. The minimum atomic E-state index is -0.595. The van der Waals surface area contributed by atoms with Gasteiger partial charge in [-0.1, -0.05) is 11.8 Å². The van der Waals surface area contributed by atoms with E-state index in [4.69, 9.17) is 0 Å². The normalized spacial score (nSPS) is 27.7. The standard InChI is InChI=1S/C10H14O/c11-10(6-1-2-7-10)8-5-9-3-4-9/h9,11H,1-4,6-7H2. The van der Waals surface area contributed by atoms with Crippen LogP contribution in [0.4, 0.5) is 0 Å². The number of aliphatic hydroxyl groups is 1. The van der Waals surface area contributed by atoms with Crippen molar-refractivity contribution in [1.82, 2.24) is 0 Å². The molecule has 0 spiro atoms. The third kappa shape index (κ3) is 1.75. The fraction of sp³-hybridized carbons (Fsp3) is 0.800. The molecule has 11 heavy (non-hydrogen) atoms. The Kier molecular flexibility index (Phi) is 1.65. The van der Waals surface area contributed by atoms with E-state index in [1.807, 2.05) is 0 Å². The third-order valence-corrected chi connectivity index (χ3v) is 2.52. The first kappa shape index (κ1) is 7.18. The zero-order valence-electron chi connectivity index (χ0n) is 6.77. The van der Waals surface area contributed by atoms with Gasteiger partial charge in [-0.3, -0.25) is 0 Å². The molecule has 2 saturated carbocycles. The molecule has 0 amide bonds. The van der Waals surface area contributed by atoms with Crippen molar-refractivity contribution < 1.29 is 5.11 Å². The summed E-state index contributed by atoms with van der Waals surface area (Å²) in [5, 5.41) is 9.79. The van der Waals surface area contributed by atoms with Gasteiger partial charge in [0.1, 0.15) is 5.60 Å². The lowest BCUT2D eigenvalue weighted by Gasteiger charge is -2.12. The lowest BCUT2D eigenvalue weighted by atomic mass is 10.0. The summed E-state index contributed by atoms with van der Waals surface area (Å²) in [7, 11) is 0. The van der Waals surface area contributed by atoms with Crippen LogP contribution in [-0.2, 0) is 0 Å². The third-order valence-electron chi connectivity index (χ3n) is 2.52. The molecular formula is C10H14O. The van der Waals surface area contributed by atoms with E-state index >= 15 is 0 Å². The van der Waals surface area contributed by atoms with E-state index in [2.05, 4.69) is 11.8 Å². The maximum Gasteiger partial charge on any atom is 0.125 e. The topological polar surface area (TPSA) is 20.2 Å². The largest absolute Gasteiger partial charge is 0.378 e. The predicted octanol–water partition coefficient (Wildman–Crippen LogP) is 1.70. The van der Waals surface area contributed by atoms with Crippen molar-refractivity contribution in [2.75, 3.05) is 0 Å². The van der Waals surface area contributed by atoms with Crippen molar-refractivity contribution in [3.8, 4) is 11.8 Å². The van der Waals surface area contributed by atoms with Gasteiger partial charge in [0.2, 0.25) is 0 Å². The summed E-state index contributed by atoms with van der Waals surface area (Å²) >= 11 is 0. The van der Waals surface area contributed by atoms with Crippen LogP contribution in [0.15, 0.2) is 0 Å². The van der Waals surface area contributed by atoms with Crippen molar-refractivity contribution in [1.29, 1.82) is 0 Å². The molecule has 0 unspecified atom stereocenters. The Labute approximate surface area is 67.8 Å². The van der Waals surface area contributed by atoms with Gasteiger partial charge in [0.15, 0.2) is 0 Å². The highest BCUT2D eigenvalue weighted by molar-refractivity contribution is 5.19. The van der Waals surface area contributed by atoms with Crippen LogP contribution in [0.25, 0.3) is 0 Å².